The van der Waals surface area contributed by atoms with Crippen molar-refractivity contribution in [3.63, 3.8) is 0 Å². The second-order valence-electron chi connectivity index (χ2n) is 1.25. The van der Waals surface area contributed by atoms with Crippen LogP contribution in [0.4, 0.5) is 0 Å². The van der Waals surface area contributed by atoms with Crippen LogP contribution in [0.15, 0.2) is 0 Å². The van der Waals surface area contributed by atoms with E-state index in [0.29, 0.717) is 0 Å². The van der Waals surface area contributed by atoms with Crippen LogP contribution in [-0.2, 0) is 0 Å². The van der Waals surface area contributed by atoms with Gasteiger partial charge in [0.05, 0.1) is 0 Å². The first-order valence-electron chi connectivity index (χ1n) is 7.50. The van der Waals surface area contributed by atoms with Gasteiger partial charge in [-0.1, -0.05) is 0 Å². The second kappa shape index (κ2) is 9.35. The predicted molar refractivity (Wildman–Crippen MR) is 48.8 cm³/mol. The zero-order valence-corrected chi connectivity index (χ0v) is 7.92. The topological polar surface area (TPSA) is 0 Å². The van der Waals surface area contributed by atoms with Gasteiger partial charge in [-0.3, -0.25) is 0 Å². The molecule has 2 aliphatic rings. The standard InChI is InChI=1S/2C5H5.Ca/c2*1-2-4-5-3-1;/h2*1-5H;/q;;+2/i2*1D,2D,3D,4D,5D;. The van der Waals surface area contributed by atoms with E-state index < -0.39 is 0 Å². The maximum atomic E-state index is 6.99. The second-order valence-corrected chi connectivity index (χ2v) is 1.25. The zero-order chi connectivity index (χ0) is 15.8. The molecule has 0 aliphatic heterocycles. The Morgan fingerprint density at radius 3 is 0.636 bits per heavy atom. The number of rotatable bonds is 0. The normalized spacial score (nSPS) is 52.7. The largest absolute Gasteiger partial charge is 2.00 e. The molecule has 0 saturated heterocycles. The van der Waals surface area contributed by atoms with Crippen molar-refractivity contribution in [1.29, 1.82) is 0 Å². The fraction of sp³-hybridized carbons (Fsp3) is 0. The van der Waals surface area contributed by atoms with Crippen LogP contribution >= 0.6 is 0 Å². The summed E-state index contributed by atoms with van der Waals surface area (Å²) in [7, 11) is 0. The molecule has 0 heterocycles. The molecule has 0 aromatic rings. The van der Waals surface area contributed by atoms with E-state index in [9.17, 15) is 0 Å². The summed E-state index contributed by atoms with van der Waals surface area (Å²) in [5, 5.41) is 0. The van der Waals surface area contributed by atoms with Crippen molar-refractivity contribution < 1.29 is 13.7 Å². The van der Waals surface area contributed by atoms with Gasteiger partial charge in [0.1, 0.15) is 0 Å². The Morgan fingerprint density at radius 2 is 0.545 bits per heavy atom. The van der Waals surface area contributed by atoms with Gasteiger partial charge in [0.25, 0.3) is 0 Å². The van der Waals surface area contributed by atoms with Gasteiger partial charge < -0.3 is 0 Å². The quantitative estimate of drug-likeness (QED) is 0.497. The van der Waals surface area contributed by atoms with Crippen LogP contribution in [0.2, 0.25) is 0 Å². The monoisotopic (exact) mass is 180 g/mol. The summed E-state index contributed by atoms with van der Waals surface area (Å²) in [6.07, 6.45) is -3.24. The SMILES string of the molecule is [2H][C]1[C]([2H])[C]([2H])[C]([2H])[C]1[2H].[2H][C]1[C]([2H])[C]([2H])[C]([2H])[C]1[2H].[Ca+2]. The minimum atomic E-state index is -0.324. The van der Waals surface area contributed by atoms with Crippen molar-refractivity contribution in [2.24, 2.45) is 0 Å². The first kappa shape index (κ1) is 3.44. The van der Waals surface area contributed by atoms with Crippen molar-refractivity contribution in [3.05, 3.63) is 64.0 Å². The average Bonchev–Trinajstić information content (AvgIpc) is 2.71. The van der Waals surface area contributed by atoms with Gasteiger partial charge >= 0.3 is 37.7 Å². The Kier molecular flexibility index (Phi) is 2.92. The molecule has 0 spiro atoms. The van der Waals surface area contributed by atoms with Gasteiger partial charge in [-0.15, -0.1) is 0 Å². The summed E-state index contributed by atoms with van der Waals surface area (Å²) in [6, 6.07) is 0. The molecule has 0 bridgehead atoms. The Hall–Kier alpha value is 1.26. The van der Waals surface area contributed by atoms with Crippen molar-refractivity contribution in [2.45, 2.75) is 0 Å². The molecular weight excluding hydrogens is 160 g/mol. The average molecular weight is 180 g/mol. The Labute approximate surface area is 115 Å². The maximum absolute atomic E-state index is 6.99. The van der Waals surface area contributed by atoms with Crippen molar-refractivity contribution in [3.8, 4) is 0 Å². The van der Waals surface area contributed by atoms with Crippen LogP contribution in [0.3, 0.4) is 0 Å². The van der Waals surface area contributed by atoms with E-state index >= 15 is 0 Å². The minimum Gasteiger partial charge on any atom is -0.0312 e. The molecule has 1 heteroatoms. The van der Waals surface area contributed by atoms with Crippen LogP contribution in [0, 0.1) is 64.0 Å². The van der Waals surface area contributed by atoms with Gasteiger partial charge in [-0.05, 0) is 64.0 Å². The molecule has 0 amide bonds. The first-order valence-corrected chi connectivity index (χ1v) is 2.50. The van der Waals surface area contributed by atoms with Crippen LogP contribution in [-0.4, -0.2) is 37.7 Å². The van der Waals surface area contributed by atoms with Gasteiger partial charge in [0.2, 0.25) is 0 Å². The molecule has 11 heavy (non-hydrogen) atoms. The van der Waals surface area contributed by atoms with Crippen LogP contribution < -0.4 is 0 Å². The summed E-state index contributed by atoms with van der Waals surface area (Å²) in [5.74, 6) is 0. The third-order valence-electron chi connectivity index (χ3n) is 0.625. The third-order valence-corrected chi connectivity index (χ3v) is 0.625. The van der Waals surface area contributed by atoms with Gasteiger partial charge in [-0.25, -0.2) is 0 Å². The smallest absolute Gasteiger partial charge is 0.0312 e. The van der Waals surface area contributed by atoms with Gasteiger partial charge in [0.15, 0.2) is 0 Å². The molecule has 0 N–H and O–H groups in total. The summed E-state index contributed by atoms with van der Waals surface area (Å²) >= 11 is 0. The van der Waals surface area contributed by atoms with Crippen LogP contribution in [0.25, 0.3) is 0 Å². The maximum Gasteiger partial charge on any atom is 2.00 e. The van der Waals surface area contributed by atoms with Crippen LogP contribution in [0.1, 0.15) is 13.7 Å². The van der Waals surface area contributed by atoms with Crippen LogP contribution in [0.5, 0.6) is 0 Å². The van der Waals surface area contributed by atoms with E-state index in [2.05, 4.69) is 0 Å². The number of hydrogen-bond donors (Lipinski definition) is 0. The molecule has 0 nitrogen and oxygen atoms in total. The van der Waals surface area contributed by atoms with E-state index in [4.69, 9.17) is 13.7 Å². The van der Waals surface area contributed by atoms with E-state index in [1.165, 1.54) is 0 Å². The summed E-state index contributed by atoms with van der Waals surface area (Å²) in [4.78, 5) is 0. The van der Waals surface area contributed by atoms with Crippen molar-refractivity contribution in [2.75, 3.05) is 0 Å². The first-order chi connectivity index (χ1) is 9.11. The molecule has 50 valence electrons. The molecule has 2 saturated carbocycles. The fourth-order valence-corrected chi connectivity index (χ4v) is 0.312. The molecule has 0 unspecified atom stereocenters. The molecule has 0 atom stereocenters. The van der Waals surface area contributed by atoms with E-state index in [0.717, 1.165) is 0 Å². The zero-order valence-electron chi connectivity index (χ0n) is 15.7. The summed E-state index contributed by atoms with van der Waals surface area (Å²) < 4.78 is 69.9. The Balaban J connectivity index is 0.000000364. The molecule has 2 rings (SSSR count). The molecule has 10 radical (unpaired) electrons. The molecule has 2 fully saturated rings. The molecule has 0 aromatic heterocycles. The number of hydrogen-bond acceptors (Lipinski definition) is 0. The summed E-state index contributed by atoms with van der Waals surface area (Å²) in [6.45, 7) is 0. The Morgan fingerprint density at radius 1 is 0.455 bits per heavy atom. The summed E-state index contributed by atoms with van der Waals surface area (Å²) in [5.41, 5.74) is 0. The van der Waals surface area contributed by atoms with Gasteiger partial charge in [0, 0.05) is 13.7 Å². The minimum absolute atomic E-state index is 0. The van der Waals surface area contributed by atoms with Crippen molar-refractivity contribution in [1.82, 2.24) is 0 Å². The van der Waals surface area contributed by atoms with E-state index in [1.54, 1.807) is 0 Å². The molecule has 0 aromatic carbocycles. The molecule has 2 aliphatic carbocycles. The third kappa shape index (κ3) is 7.61. The fourth-order valence-electron chi connectivity index (χ4n) is 0.312. The van der Waals surface area contributed by atoms with Crippen molar-refractivity contribution >= 4 is 37.7 Å². The van der Waals surface area contributed by atoms with Gasteiger partial charge in [-0.2, -0.15) is 0 Å². The predicted octanol–water partition coefficient (Wildman–Crippen LogP) is 1.66. The molecular formula is C10H10Ca+2. The van der Waals surface area contributed by atoms with E-state index in [1.807, 2.05) is 0 Å². The van der Waals surface area contributed by atoms with E-state index in [-0.39, 0.29) is 102 Å². The Bertz CT molecular complexity index is 201.